The molecule has 7 heteroatoms. The van der Waals surface area contributed by atoms with E-state index in [2.05, 4.69) is 5.32 Å². The van der Waals surface area contributed by atoms with Crippen LogP contribution < -0.4 is 5.32 Å². The van der Waals surface area contributed by atoms with Gasteiger partial charge in [-0.15, -0.1) is 0 Å². The first-order valence-corrected chi connectivity index (χ1v) is 9.07. The van der Waals surface area contributed by atoms with E-state index in [4.69, 9.17) is 4.74 Å². The normalized spacial score (nSPS) is 24.0. The van der Waals surface area contributed by atoms with Gasteiger partial charge < -0.3 is 15.0 Å². The summed E-state index contributed by atoms with van der Waals surface area (Å²) < 4.78 is 31.5. The number of amides is 2. The summed E-state index contributed by atoms with van der Waals surface area (Å²) in [6, 6.07) is 3.69. The second kappa shape index (κ2) is 6.52. The number of carbonyl (C=O) groups excluding carboxylic acids is 2. The lowest BCUT2D eigenvalue weighted by Crippen LogP contribution is -2.64. The molecule has 3 aliphatic rings. The minimum Gasteiger partial charge on any atom is -0.447 e. The van der Waals surface area contributed by atoms with Crippen molar-refractivity contribution < 1.29 is 23.1 Å². The summed E-state index contributed by atoms with van der Waals surface area (Å²) in [5, 5.41) is 2.67. The molecular formula is C19H22F2N2O3. The zero-order valence-corrected chi connectivity index (χ0v) is 14.5. The molecule has 1 unspecified atom stereocenters. The van der Waals surface area contributed by atoms with Crippen LogP contribution in [0.25, 0.3) is 0 Å². The molecule has 1 aromatic carbocycles. The van der Waals surface area contributed by atoms with Crippen LogP contribution in [-0.2, 0) is 16.0 Å². The third-order valence-electron chi connectivity index (χ3n) is 5.82. The zero-order chi connectivity index (χ0) is 18.3. The van der Waals surface area contributed by atoms with Crippen molar-refractivity contribution in [1.29, 1.82) is 0 Å². The average Bonchev–Trinajstić information content (AvgIpc) is 2.93. The Bertz CT molecular complexity index is 725. The maximum Gasteiger partial charge on any atom is 0.407 e. The minimum atomic E-state index is -0.548. The highest BCUT2D eigenvalue weighted by molar-refractivity contribution is 5.77. The first-order chi connectivity index (χ1) is 12.4. The van der Waals surface area contributed by atoms with Gasteiger partial charge in [-0.2, -0.15) is 0 Å². The molecule has 26 heavy (non-hydrogen) atoms. The number of nitrogens with zero attached hydrogens (tertiary/aromatic N) is 1. The number of ether oxygens (including phenoxy) is 1. The number of alkyl carbamates (subject to hydrolysis) is 1. The Kier molecular flexibility index (Phi) is 4.32. The summed E-state index contributed by atoms with van der Waals surface area (Å²) >= 11 is 0. The van der Waals surface area contributed by atoms with Gasteiger partial charge in [0.2, 0.25) is 5.91 Å². The van der Waals surface area contributed by atoms with E-state index < -0.39 is 17.7 Å². The van der Waals surface area contributed by atoms with Gasteiger partial charge in [0.05, 0.1) is 6.04 Å². The molecule has 140 valence electrons. The van der Waals surface area contributed by atoms with Crippen LogP contribution in [0.15, 0.2) is 18.2 Å². The van der Waals surface area contributed by atoms with Crippen molar-refractivity contribution in [3.05, 3.63) is 35.4 Å². The van der Waals surface area contributed by atoms with E-state index in [1.165, 1.54) is 12.1 Å². The largest absolute Gasteiger partial charge is 0.447 e. The third-order valence-corrected chi connectivity index (χ3v) is 5.82. The molecule has 0 aromatic heterocycles. The Hall–Kier alpha value is -2.18. The van der Waals surface area contributed by atoms with E-state index in [0.29, 0.717) is 37.4 Å². The molecule has 0 radical (unpaired) electrons. The maximum absolute atomic E-state index is 13.7. The van der Waals surface area contributed by atoms with E-state index in [1.807, 2.05) is 4.90 Å². The maximum atomic E-state index is 13.7. The van der Waals surface area contributed by atoms with Crippen molar-refractivity contribution in [2.45, 2.75) is 38.1 Å². The lowest BCUT2D eigenvalue weighted by Gasteiger charge is -2.59. The Labute approximate surface area is 150 Å². The van der Waals surface area contributed by atoms with Gasteiger partial charge in [-0.25, -0.2) is 13.6 Å². The molecule has 2 saturated heterocycles. The standard InChI is InChI=1S/C19H22F2N2O3/c20-14-2-1-13(16(21)6-14)5-12-7-19(8-12)10-23(11-19)17(24)4-3-15-9-26-18(25)22-15/h1-2,6,12,15H,3-5,7-11H2,(H,22,25). The monoisotopic (exact) mass is 364 g/mol. The summed E-state index contributed by atoms with van der Waals surface area (Å²) in [6.45, 7) is 1.86. The van der Waals surface area contributed by atoms with Gasteiger partial charge in [0.25, 0.3) is 0 Å². The summed E-state index contributed by atoms with van der Waals surface area (Å²) in [4.78, 5) is 25.1. The van der Waals surface area contributed by atoms with Crippen LogP contribution in [0, 0.1) is 23.0 Å². The number of rotatable bonds is 5. The molecule has 1 saturated carbocycles. The molecule has 2 amide bonds. The lowest BCUT2D eigenvalue weighted by molar-refractivity contribution is -0.155. The molecule has 5 nitrogen and oxygen atoms in total. The number of hydrogen-bond acceptors (Lipinski definition) is 3. The first-order valence-electron chi connectivity index (χ1n) is 9.07. The molecule has 1 atom stereocenters. The fourth-order valence-corrected chi connectivity index (χ4v) is 4.54. The average molecular weight is 364 g/mol. The highest BCUT2D eigenvalue weighted by atomic mass is 19.1. The molecule has 1 spiro atoms. The summed E-state index contributed by atoms with van der Waals surface area (Å²) in [6.07, 6.45) is 3.20. The van der Waals surface area contributed by atoms with Crippen LogP contribution in [-0.4, -0.2) is 42.6 Å². The van der Waals surface area contributed by atoms with Crippen molar-refractivity contribution in [3.63, 3.8) is 0 Å². The third kappa shape index (κ3) is 3.39. The van der Waals surface area contributed by atoms with Gasteiger partial charge in [0.15, 0.2) is 0 Å². The fourth-order valence-electron chi connectivity index (χ4n) is 4.54. The van der Waals surface area contributed by atoms with Crippen molar-refractivity contribution in [2.24, 2.45) is 11.3 Å². The summed E-state index contributed by atoms with van der Waals surface area (Å²) in [5.41, 5.74) is 0.765. The van der Waals surface area contributed by atoms with Crippen molar-refractivity contribution in [2.75, 3.05) is 19.7 Å². The molecule has 2 aliphatic heterocycles. The topological polar surface area (TPSA) is 58.6 Å². The minimum absolute atomic E-state index is 0.0691. The van der Waals surface area contributed by atoms with Crippen LogP contribution in [0.2, 0.25) is 0 Å². The van der Waals surface area contributed by atoms with Crippen molar-refractivity contribution in [3.8, 4) is 0 Å². The second-order valence-corrected chi connectivity index (χ2v) is 7.94. The van der Waals surface area contributed by atoms with Crippen LogP contribution in [0.1, 0.15) is 31.2 Å². The number of nitrogens with one attached hydrogen (secondary N) is 1. The van der Waals surface area contributed by atoms with E-state index in [9.17, 15) is 18.4 Å². The number of likely N-dealkylation sites (tertiary alicyclic amines) is 1. The predicted molar refractivity (Wildman–Crippen MR) is 89.3 cm³/mol. The summed E-state index contributed by atoms with van der Waals surface area (Å²) in [5.74, 6) is -0.504. The van der Waals surface area contributed by atoms with Crippen LogP contribution >= 0.6 is 0 Å². The second-order valence-electron chi connectivity index (χ2n) is 7.94. The van der Waals surface area contributed by atoms with Crippen LogP contribution in [0.5, 0.6) is 0 Å². The highest BCUT2D eigenvalue weighted by Gasteiger charge is 2.53. The lowest BCUT2D eigenvalue weighted by atomic mass is 9.56. The first kappa shape index (κ1) is 17.2. The molecule has 0 bridgehead atoms. The number of halogens is 2. The van der Waals surface area contributed by atoms with Gasteiger partial charge in [-0.3, -0.25) is 4.79 Å². The molecule has 1 aliphatic carbocycles. The van der Waals surface area contributed by atoms with Gasteiger partial charge in [0.1, 0.15) is 18.2 Å². The number of benzene rings is 1. The number of cyclic esters (lactones) is 1. The number of carbonyl (C=O) groups is 2. The van der Waals surface area contributed by atoms with Crippen LogP contribution in [0.3, 0.4) is 0 Å². The SMILES string of the molecule is O=C1NC(CCC(=O)N2CC3(CC(Cc4ccc(F)cc4F)C3)C2)CO1. The van der Waals surface area contributed by atoms with Crippen molar-refractivity contribution >= 4 is 12.0 Å². The quantitative estimate of drug-likeness (QED) is 0.874. The molecule has 1 N–H and O–H groups in total. The smallest absolute Gasteiger partial charge is 0.407 e. The van der Waals surface area contributed by atoms with Gasteiger partial charge in [0, 0.05) is 31.0 Å². The Morgan fingerprint density at radius 2 is 2.08 bits per heavy atom. The van der Waals surface area contributed by atoms with E-state index >= 15 is 0 Å². The van der Waals surface area contributed by atoms with Crippen molar-refractivity contribution in [1.82, 2.24) is 10.2 Å². The number of hydrogen-bond donors (Lipinski definition) is 1. The van der Waals surface area contributed by atoms with E-state index in [0.717, 1.165) is 32.0 Å². The van der Waals surface area contributed by atoms with Gasteiger partial charge >= 0.3 is 6.09 Å². The molecule has 1 aromatic rings. The molecule has 2 heterocycles. The molecule has 4 rings (SSSR count). The Morgan fingerprint density at radius 1 is 1.31 bits per heavy atom. The van der Waals surface area contributed by atoms with E-state index in [-0.39, 0.29) is 17.4 Å². The fraction of sp³-hybridized carbons (Fsp3) is 0.579. The Balaban J connectivity index is 1.18. The highest BCUT2D eigenvalue weighted by Crippen LogP contribution is 2.53. The predicted octanol–water partition coefficient (Wildman–Crippen LogP) is 2.63. The van der Waals surface area contributed by atoms with Gasteiger partial charge in [-0.1, -0.05) is 6.07 Å². The molecular weight excluding hydrogens is 342 g/mol. The molecule has 3 fully saturated rings. The van der Waals surface area contributed by atoms with Gasteiger partial charge in [-0.05, 0) is 43.2 Å². The zero-order valence-electron chi connectivity index (χ0n) is 14.5. The summed E-state index contributed by atoms with van der Waals surface area (Å²) in [7, 11) is 0. The van der Waals surface area contributed by atoms with Crippen LogP contribution in [0.4, 0.5) is 13.6 Å². The Morgan fingerprint density at radius 3 is 2.73 bits per heavy atom. The van der Waals surface area contributed by atoms with E-state index in [1.54, 1.807) is 0 Å².